The number of nitrogens with zero attached hydrogens (tertiary/aromatic N) is 4. The first-order valence-electron chi connectivity index (χ1n) is 9.67. The third-order valence-corrected chi connectivity index (χ3v) is 4.99. The summed E-state index contributed by atoms with van der Waals surface area (Å²) in [7, 11) is 0. The van der Waals surface area contributed by atoms with E-state index in [2.05, 4.69) is 25.6 Å². The second-order valence-corrected chi connectivity index (χ2v) is 7.04. The number of oxazole rings is 1. The molecule has 0 saturated carbocycles. The number of anilines is 1. The Kier molecular flexibility index (Phi) is 5.66. The number of hydrogen-bond donors (Lipinski definition) is 2. The molecule has 8 nitrogen and oxygen atoms in total. The van der Waals surface area contributed by atoms with Crippen LogP contribution in [0.2, 0.25) is 0 Å². The Labute approximate surface area is 167 Å². The molecule has 1 aliphatic rings. The first kappa shape index (κ1) is 19.3. The highest BCUT2D eigenvalue weighted by Crippen LogP contribution is 2.23. The average Bonchev–Trinajstić information content (AvgIpc) is 3.18. The molecule has 0 radical (unpaired) electrons. The summed E-state index contributed by atoms with van der Waals surface area (Å²) in [6, 6.07) is 5.57. The second-order valence-electron chi connectivity index (χ2n) is 7.04. The zero-order valence-corrected chi connectivity index (χ0v) is 16.2. The Bertz CT molecular complexity index is 1000. The second kappa shape index (κ2) is 8.52. The molecule has 29 heavy (non-hydrogen) atoms. The molecule has 9 heteroatoms. The Morgan fingerprint density at radius 2 is 2.10 bits per heavy atom. The topological polar surface area (TPSA) is 96.2 Å². The fourth-order valence-electron chi connectivity index (χ4n) is 3.44. The fourth-order valence-corrected chi connectivity index (χ4v) is 3.44. The summed E-state index contributed by atoms with van der Waals surface area (Å²) in [6.07, 6.45) is 4.93. The van der Waals surface area contributed by atoms with Crippen molar-refractivity contribution >= 4 is 22.8 Å². The summed E-state index contributed by atoms with van der Waals surface area (Å²) in [4.78, 5) is 27.3. The number of nitrogens with one attached hydrogen (secondary N) is 2. The maximum absolute atomic E-state index is 12.6. The monoisotopic (exact) mass is 398 g/mol. The van der Waals surface area contributed by atoms with Gasteiger partial charge in [-0.15, -0.1) is 0 Å². The lowest BCUT2D eigenvalue weighted by Crippen LogP contribution is -2.46. The van der Waals surface area contributed by atoms with Crippen molar-refractivity contribution in [1.29, 1.82) is 0 Å². The molecule has 1 saturated heterocycles. The number of alkyl halides is 1. The SMILES string of the molecule is Cc1ncc(-c2ccc3cnc(NC(=O)N4CCC(NCCF)CC4)cc3n2)o1. The van der Waals surface area contributed by atoms with E-state index in [1.807, 2.05) is 12.1 Å². The van der Waals surface area contributed by atoms with Crippen LogP contribution in [0, 0.1) is 6.92 Å². The Balaban J connectivity index is 1.43. The van der Waals surface area contributed by atoms with Crippen molar-refractivity contribution < 1.29 is 13.6 Å². The van der Waals surface area contributed by atoms with Gasteiger partial charge in [0.2, 0.25) is 0 Å². The molecule has 0 atom stereocenters. The normalized spacial score (nSPS) is 15.0. The third kappa shape index (κ3) is 4.51. The van der Waals surface area contributed by atoms with Crippen LogP contribution in [-0.4, -0.2) is 58.2 Å². The highest BCUT2D eigenvalue weighted by Gasteiger charge is 2.22. The Hall–Kier alpha value is -3.07. The predicted molar refractivity (Wildman–Crippen MR) is 107 cm³/mol. The molecular formula is C20H23FN6O2. The molecule has 2 amide bonds. The molecule has 4 rings (SSSR count). The highest BCUT2D eigenvalue weighted by atomic mass is 19.1. The number of aryl methyl sites for hydroxylation is 1. The maximum Gasteiger partial charge on any atom is 0.323 e. The standard InChI is InChI=1S/C20H23FN6O2/c1-13-23-12-18(29-13)16-3-2-14-11-24-19(10-17(14)25-16)26-20(28)27-8-4-15(5-9-27)22-7-6-21/h2-3,10-12,15,22H,4-9H2,1H3,(H,24,26,28). The molecule has 3 aromatic heterocycles. The van der Waals surface area contributed by atoms with E-state index in [0.717, 1.165) is 18.2 Å². The van der Waals surface area contributed by atoms with E-state index < -0.39 is 0 Å². The van der Waals surface area contributed by atoms with Crippen molar-refractivity contribution in [3.8, 4) is 11.5 Å². The van der Waals surface area contributed by atoms with Crippen LogP contribution in [-0.2, 0) is 0 Å². The van der Waals surface area contributed by atoms with Crippen LogP contribution < -0.4 is 10.6 Å². The summed E-state index contributed by atoms with van der Waals surface area (Å²) < 4.78 is 17.8. The number of fused-ring (bicyclic) bond motifs is 1. The minimum absolute atomic E-state index is 0.192. The van der Waals surface area contributed by atoms with E-state index in [-0.39, 0.29) is 18.7 Å². The molecule has 0 unspecified atom stereocenters. The third-order valence-electron chi connectivity index (χ3n) is 4.99. The van der Waals surface area contributed by atoms with Crippen molar-refractivity contribution in [2.75, 3.05) is 31.6 Å². The summed E-state index contributed by atoms with van der Waals surface area (Å²) >= 11 is 0. The number of likely N-dealkylation sites (tertiary alicyclic amines) is 1. The van der Waals surface area contributed by atoms with Gasteiger partial charge in [-0.3, -0.25) is 5.32 Å². The van der Waals surface area contributed by atoms with Gasteiger partial charge in [-0.2, -0.15) is 0 Å². The number of rotatable bonds is 5. The molecule has 2 N–H and O–H groups in total. The molecule has 0 spiro atoms. The van der Waals surface area contributed by atoms with Crippen molar-refractivity contribution in [3.63, 3.8) is 0 Å². The van der Waals surface area contributed by atoms with Gasteiger partial charge < -0.3 is 14.6 Å². The zero-order valence-electron chi connectivity index (χ0n) is 16.2. The van der Waals surface area contributed by atoms with Crippen LogP contribution >= 0.6 is 0 Å². The fraction of sp³-hybridized carbons (Fsp3) is 0.400. The van der Waals surface area contributed by atoms with E-state index in [1.54, 1.807) is 30.3 Å². The summed E-state index contributed by atoms with van der Waals surface area (Å²) in [6.45, 7) is 3.01. The molecule has 0 bridgehead atoms. The number of amides is 2. The van der Waals surface area contributed by atoms with Gasteiger partial charge in [-0.1, -0.05) is 0 Å². The van der Waals surface area contributed by atoms with Gasteiger partial charge in [0.25, 0.3) is 0 Å². The first-order valence-corrected chi connectivity index (χ1v) is 9.67. The van der Waals surface area contributed by atoms with Crippen LogP contribution in [0.25, 0.3) is 22.4 Å². The van der Waals surface area contributed by atoms with Gasteiger partial charge in [0, 0.05) is 50.2 Å². The van der Waals surface area contributed by atoms with Crippen molar-refractivity contribution in [2.45, 2.75) is 25.8 Å². The minimum atomic E-state index is -0.375. The van der Waals surface area contributed by atoms with E-state index >= 15 is 0 Å². The first-order chi connectivity index (χ1) is 14.1. The van der Waals surface area contributed by atoms with E-state index in [4.69, 9.17) is 4.42 Å². The highest BCUT2D eigenvalue weighted by molar-refractivity contribution is 5.91. The largest absolute Gasteiger partial charge is 0.439 e. The smallest absolute Gasteiger partial charge is 0.323 e. The number of halogens is 1. The Morgan fingerprint density at radius 3 is 2.83 bits per heavy atom. The molecule has 1 aliphatic heterocycles. The molecule has 152 valence electrons. The molecule has 0 aliphatic carbocycles. The number of pyridine rings is 2. The molecule has 1 fully saturated rings. The number of hydrogen-bond acceptors (Lipinski definition) is 6. The lowest BCUT2D eigenvalue weighted by Gasteiger charge is -2.32. The Morgan fingerprint density at radius 1 is 1.28 bits per heavy atom. The molecule has 3 aromatic rings. The lowest BCUT2D eigenvalue weighted by atomic mass is 10.1. The molecular weight excluding hydrogens is 375 g/mol. The van der Waals surface area contributed by atoms with Gasteiger partial charge in [-0.25, -0.2) is 24.1 Å². The quantitative estimate of drug-likeness (QED) is 0.685. The zero-order chi connectivity index (χ0) is 20.2. The van der Waals surface area contributed by atoms with Gasteiger partial charge in [0.15, 0.2) is 11.7 Å². The van der Waals surface area contributed by atoms with Crippen LogP contribution in [0.5, 0.6) is 0 Å². The lowest BCUT2D eigenvalue weighted by molar-refractivity contribution is 0.188. The van der Waals surface area contributed by atoms with Crippen LogP contribution in [0.4, 0.5) is 15.0 Å². The van der Waals surface area contributed by atoms with Crippen LogP contribution in [0.1, 0.15) is 18.7 Å². The number of urea groups is 1. The summed E-state index contributed by atoms with van der Waals surface area (Å²) in [5.74, 6) is 1.61. The van der Waals surface area contributed by atoms with Crippen molar-refractivity contribution in [3.05, 3.63) is 36.5 Å². The predicted octanol–water partition coefficient (Wildman–Crippen LogP) is 3.15. The van der Waals surface area contributed by atoms with E-state index in [9.17, 15) is 9.18 Å². The number of piperidine rings is 1. The molecule has 4 heterocycles. The van der Waals surface area contributed by atoms with Gasteiger partial charge in [0.05, 0.1) is 11.7 Å². The molecule has 0 aromatic carbocycles. The van der Waals surface area contributed by atoms with Crippen molar-refractivity contribution in [2.24, 2.45) is 0 Å². The minimum Gasteiger partial charge on any atom is -0.439 e. The number of carbonyl (C=O) groups excluding carboxylic acids is 1. The average molecular weight is 398 g/mol. The van der Waals surface area contributed by atoms with Crippen LogP contribution in [0.3, 0.4) is 0 Å². The number of aromatic nitrogens is 3. The summed E-state index contributed by atoms with van der Waals surface area (Å²) in [5.41, 5.74) is 1.38. The maximum atomic E-state index is 12.6. The van der Waals surface area contributed by atoms with Gasteiger partial charge in [-0.05, 0) is 25.0 Å². The summed E-state index contributed by atoms with van der Waals surface area (Å²) in [5, 5.41) is 6.86. The van der Waals surface area contributed by atoms with Crippen molar-refractivity contribution in [1.82, 2.24) is 25.2 Å². The van der Waals surface area contributed by atoms with Crippen LogP contribution in [0.15, 0.2) is 35.0 Å². The number of carbonyl (C=O) groups is 1. The van der Waals surface area contributed by atoms with E-state index in [1.165, 1.54) is 0 Å². The van der Waals surface area contributed by atoms with E-state index in [0.29, 0.717) is 48.3 Å². The van der Waals surface area contributed by atoms with Gasteiger partial charge >= 0.3 is 6.03 Å². The van der Waals surface area contributed by atoms with Gasteiger partial charge in [0.1, 0.15) is 18.2 Å².